The number of aromatic amines is 1. The first-order chi connectivity index (χ1) is 22.4. The van der Waals surface area contributed by atoms with Crippen LogP contribution in [-0.2, 0) is 27.4 Å². The lowest BCUT2D eigenvalue weighted by atomic mass is 10.00. The molecule has 2 aliphatic rings. The topological polar surface area (TPSA) is 113 Å². The second-order valence-corrected chi connectivity index (χ2v) is 11.9. The van der Waals surface area contributed by atoms with E-state index in [1.54, 1.807) is 30.2 Å². The summed E-state index contributed by atoms with van der Waals surface area (Å²) >= 11 is 0. The lowest BCUT2D eigenvalue weighted by molar-refractivity contribution is -0.137. The predicted octanol–water partition coefficient (Wildman–Crippen LogP) is 5.07. The highest BCUT2D eigenvalue weighted by molar-refractivity contribution is 5.97. The van der Waals surface area contributed by atoms with Gasteiger partial charge in [0.25, 0.3) is 5.91 Å². The van der Waals surface area contributed by atoms with Crippen molar-refractivity contribution in [3.63, 3.8) is 0 Å². The third kappa shape index (κ3) is 7.02. The average Bonchev–Trinajstić information content (AvgIpc) is 3.49. The largest absolute Gasteiger partial charge is 0.493 e. The Balaban J connectivity index is 1.22. The molecule has 0 radical (unpaired) electrons. The van der Waals surface area contributed by atoms with E-state index in [9.17, 15) is 14.4 Å². The number of hydrogen-bond donors (Lipinski definition) is 2. The Bertz CT molecular complexity index is 1720. The van der Waals surface area contributed by atoms with Gasteiger partial charge in [0.2, 0.25) is 11.8 Å². The van der Waals surface area contributed by atoms with Crippen molar-refractivity contribution in [2.75, 3.05) is 33.3 Å². The summed E-state index contributed by atoms with van der Waals surface area (Å²) in [6.45, 7) is 3.42. The van der Waals surface area contributed by atoms with Gasteiger partial charge in [-0.05, 0) is 66.8 Å². The molecular weight excluding hydrogens is 584 g/mol. The minimum atomic E-state index is -0.435. The maximum absolute atomic E-state index is 13.6. The minimum Gasteiger partial charge on any atom is -0.493 e. The normalized spacial score (nSPS) is 18.9. The van der Waals surface area contributed by atoms with Crippen molar-refractivity contribution in [2.45, 2.75) is 51.4 Å². The van der Waals surface area contributed by atoms with E-state index in [4.69, 9.17) is 14.2 Å². The van der Waals surface area contributed by atoms with Gasteiger partial charge in [-0.15, -0.1) is 0 Å². The summed E-state index contributed by atoms with van der Waals surface area (Å²) < 4.78 is 18.1. The fraction of sp³-hybridized carbons (Fsp3) is 0.361. The number of carbonyl (C=O) groups excluding carboxylic acids is 3. The molecule has 1 saturated heterocycles. The number of aromatic nitrogens is 1. The van der Waals surface area contributed by atoms with Gasteiger partial charge in [0.15, 0.2) is 11.5 Å². The van der Waals surface area contributed by atoms with Gasteiger partial charge in [0.1, 0.15) is 5.75 Å². The molecule has 4 aromatic rings. The molecule has 0 spiro atoms. The van der Waals surface area contributed by atoms with Crippen LogP contribution in [0.5, 0.6) is 17.2 Å². The molecule has 0 saturated carbocycles. The lowest BCUT2D eigenvalue weighted by Crippen LogP contribution is -2.57. The van der Waals surface area contributed by atoms with Crippen molar-refractivity contribution >= 4 is 28.6 Å². The highest BCUT2D eigenvalue weighted by atomic mass is 16.5. The molecule has 3 heterocycles. The number of rotatable bonds is 6. The number of benzene rings is 3. The molecule has 1 fully saturated rings. The van der Waals surface area contributed by atoms with Crippen molar-refractivity contribution in [1.82, 2.24) is 20.1 Å². The number of carbonyl (C=O) groups is 3. The molecule has 2 atom stereocenters. The second kappa shape index (κ2) is 14.1. The van der Waals surface area contributed by atoms with Crippen LogP contribution in [0, 0.1) is 0 Å². The van der Waals surface area contributed by atoms with E-state index in [1.165, 1.54) is 0 Å². The van der Waals surface area contributed by atoms with Gasteiger partial charge in [-0.25, -0.2) is 0 Å². The summed E-state index contributed by atoms with van der Waals surface area (Å²) in [6, 6.07) is 20.3. The fourth-order valence-corrected chi connectivity index (χ4v) is 6.26. The van der Waals surface area contributed by atoms with Gasteiger partial charge >= 0.3 is 0 Å². The van der Waals surface area contributed by atoms with Gasteiger partial charge < -0.3 is 34.3 Å². The van der Waals surface area contributed by atoms with Crippen LogP contribution in [0.25, 0.3) is 10.9 Å². The van der Waals surface area contributed by atoms with Crippen molar-refractivity contribution in [3.8, 4) is 17.2 Å². The second-order valence-electron chi connectivity index (χ2n) is 11.9. The zero-order valence-electron chi connectivity index (χ0n) is 26.3. The number of fused-ring (bicyclic) bond motifs is 6. The quantitative estimate of drug-likeness (QED) is 0.310. The van der Waals surface area contributed by atoms with Crippen LogP contribution in [0.3, 0.4) is 0 Å². The minimum absolute atomic E-state index is 0.0519. The first kappa shape index (κ1) is 31.2. The van der Waals surface area contributed by atoms with Crippen molar-refractivity contribution < 1.29 is 28.6 Å². The molecule has 1 aromatic heterocycles. The first-order valence-corrected chi connectivity index (χ1v) is 15.9. The highest BCUT2D eigenvalue weighted by Gasteiger charge is 2.34. The monoisotopic (exact) mass is 624 g/mol. The van der Waals surface area contributed by atoms with Crippen LogP contribution < -0.4 is 14.8 Å². The summed E-state index contributed by atoms with van der Waals surface area (Å²) in [5.74, 6) is 0.972. The average molecular weight is 625 g/mol. The molecule has 10 nitrogen and oxygen atoms in total. The number of ether oxygens (including phenoxy) is 3. The van der Waals surface area contributed by atoms with Crippen LogP contribution in [0.2, 0.25) is 0 Å². The van der Waals surface area contributed by atoms with Gasteiger partial charge in [-0.3, -0.25) is 14.4 Å². The third-order valence-corrected chi connectivity index (χ3v) is 8.66. The summed E-state index contributed by atoms with van der Waals surface area (Å²) in [5.41, 5.74) is 3.45. The van der Waals surface area contributed by atoms with Crippen molar-refractivity contribution in [1.29, 1.82) is 0 Å². The molecule has 3 aromatic carbocycles. The number of nitrogens with one attached hydrogen (secondary N) is 2. The molecule has 2 N–H and O–H groups in total. The summed E-state index contributed by atoms with van der Waals surface area (Å²) in [7, 11) is 1.55. The molecular formula is C36H40N4O6. The third-order valence-electron chi connectivity index (χ3n) is 8.66. The number of H-pyrrole nitrogens is 1. The van der Waals surface area contributed by atoms with E-state index in [-0.39, 0.29) is 36.9 Å². The molecule has 0 unspecified atom stereocenters. The van der Waals surface area contributed by atoms with Gasteiger partial charge in [-0.2, -0.15) is 0 Å². The number of methoxy groups -OCH3 is 1. The van der Waals surface area contributed by atoms with Crippen LogP contribution in [0.4, 0.5) is 0 Å². The maximum Gasteiger partial charge on any atom is 0.254 e. The maximum atomic E-state index is 13.6. The lowest BCUT2D eigenvalue weighted by Gasteiger charge is -2.39. The van der Waals surface area contributed by atoms with Gasteiger partial charge in [-0.1, -0.05) is 37.3 Å². The van der Waals surface area contributed by atoms with E-state index in [0.717, 1.165) is 22.0 Å². The molecule has 2 aliphatic heterocycles. The standard InChI is InChI=1S/C36H40N4O6/c1-3-16-40-22-34(41)38-30-15-17-39(35(42)14-12-26-20-37-29-10-5-4-9-28(26)29)21-33(30)45-23-24-7-6-8-27(18-24)46-32-19-25(36(40)43)11-13-31(32)44-2/h4-11,13,18-20,30,33,37H,3,12,14-17,21-23H2,1-2H3,(H,38,41)/t30-,33-/m0/s1. The zero-order valence-corrected chi connectivity index (χ0v) is 26.3. The van der Waals surface area contributed by atoms with Crippen LogP contribution >= 0.6 is 0 Å². The number of likely N-dealkylation sites (tertiary alicyclic amines) is 1. The molecule has 46 heavy (non-hydrogen) atoms. The zero-order chi connectivity index (χ0) is 32.0. The SMILES string of the molecule is CCCN1CC(=O)N[C@H]2CCN(C(=O)CCc3c[nH]c4ccccc34)C[C@@H]2OCc2cccc(c2)Oc2cc(ccc2OC)C1=O. The van der Waals surface area contributed by atoms with E-state index in [2.05, 4.69) is 16.4 Å². The van der Waals surface area contributed by atoms with E-state index in [0.29, 0.717) is 68.1 Å². The Labute approximate surface area is 268 Å². The number of hydrogen-bond acceptors (Lipinski definition) is 6. The first-order valence-electron chi connectivity index (χ1n) is 15.9. The van der Waals surface area contributed by atoms with Crippen LogP contribution in [0.15, 0.2) is 72.9 Å². The molecule has 10 heteroatoms. The number of piperidine rings is 1. The fourth-order valence-electron chi connectivity index (χ4n) is 6.26. The van der Waals surface area contributed by atoms with Crippen molar-refractivity contribution in [2.24, 2.45) is 0 Å². The number of aryl methyl sites for hydroxylation is 1. The molecule has 6 rings (SSSR count). The smallest absolute Gasteiger partial charge is 0.254 e. The van der Waals surface area contributed by atoms with Crippen molar-refractivity contribution in [3.05, 3.63) is 89.6 Å². The predicted molar refractivity (Wildman–Crippen MR) is 174 cm³/mol. The van der Waals surface area contributed by atoms with Gasteiger partial charge in [0, 0.05) is 48.7 Å². The van der Waals surface area contributed by atoms with Gasteiger partial charge in [0.05, 0.1) is 32.4 Å². The summed E-state index contributed by atoms with van der Waals surface area (Å²) in [4.78, 5) is 47.1. The summed E-state index contributed by atoms with van der Waals surface area (Å²) in [5, 5.41) is 4.26. The molecule has 0 aliphatic carbocycles. The van der Waals surface area contributed by atoms with E-state index >= 15 is 0 Å². The van der Waals surface area contributed by atoms with Crippen LogP contribution in [0.1, 0.15) is 47.7 Å². The molecule has 3 amide bonds. The number of nitrogens with zero attached hydrogens (tertiary/aromatic N) is 2. The Morgan fingerprint density at radius 2 is 1.93 bits per heavy atom. The number of para-hydroxylation sites is 1. The highest BCUT2D eigenvalue weighted by Crippen LogP contribution is 2.33. The number of amides is 3. The Morgan fingerprint density at radius 3 is 2.78 bits per heavy atom. The molecule has 4 bridgehead atoms. The van der Waals surface area contributed by atoms with E-state index in [1.807, 2.05) is 60.5 Å². The Morgan fingerprint density at radius 1 is 1.07 bits per heavy atom. The summed E-state index contributed by atoms with van der Waals surface area (Å²) in [6.07, 6.45) is 3.78. The molecule has 240 valence electrons. The Kier molecular flexibility index (Phi) is 9.54. The van der Waals surface area contributed by atoms with E-state index < -0.39 is 6.10 Å². The Hall–Kier alpha value is -4.83. The van der Waals surface area contributed by atoms with Crippen LogP contribution in [-0.4, -0.2) is 77.9 Å².